The van der Waals surface area contributed by atoms with Crippen molar-refractivity contribution >= 4 is 21.6 Å². The molecule has 2 aromatic carbocycles. The number of carbonyl (C=O) groups is 1. The molecule has 1 heterocycles. The van der Waals surface area contributed by atoms with Crippen LogP contribution in [0.25, 0.3) is 0 Å². The summed E-state index contributed by atoms with van der Waals surface area (Å²) in [5.74, 6) is 0.146. The zero-order valence-electron chi connectivity index (χ0n) is 17.8. The molecule has 2 aromatic rings. The molecule has 1 fully saturated rings. The summed E-state index contributed by atoms with van der Waals surface area (Å²) in [7, 11) is -2.31. The third kappa shape index (κ3) is 4.84. The lowest BCUT2D eigenvalue weighted by Gasteiger charge is -2.21. The number of nitrogens with one attached hydrogen (secondary N) is 1. The molecule has 30 heavy (non-hydrogen) atoms. The Morgan fingerprint density at radius 2 is 1.70 bits per heavy atom. The summed E-state index contributed by atoms with van der Waals surface area (Å²) in [6, 6.07) is 12.2. The lowest BCUT2D eigenvalue weighted by Crippen LogP contribution is -2.32. The summed E-state index contributed by atoms with van der Waals surface area (Å²) in [6.45, 7) is 5.10. The smallest absolute Gasteiger partial charge is 0.255 e. The standard InChI is InChI=1S/C23H30N2O4S/c1-17(2)19-10-6-7-11-20(19)24-23(26)18-12-13-21(29-3)22(16-18)30(27,28)25-14-8-4-5-9-15-25/h6-7,10-13,16-17H,4-5,8-9,14-15H2,1-3H3,(H,24,26). The van der Waals surface area contributed by atoms with Gasteiger partial charge in [0, 0.05) is 24.3 Å². The van der Waals surface area contributed by atoms with Crippen molar-refractivity contribution in [2.75, 3.05) is 25.5 Å². The number of ether oxygens (including phenoxy) is 1. The topological polar surface area (TPSA) is 75.7 Å². The van der Waals surface area contributed by atoms with Crippen LogP contribution in [0.3, 0.4) is 0 Å². The molecule has 6 nitrogen and oxygen atoms in total. The minimum Gasteiger partial charge on any atom is -0.495 e. The Balaban J connectivity index is 1.93. The number of hydrogen-bond acceptors (Lipinski definition) is 4. The maximum Gasteiger partial charge on any atom is 0.255 e. The number of methoxy groups -OCH3 is 1. The van der Waals surface area contributed by atoms with Gasteiger partial charge in [0.05, 0.1) is 7.11 Å². The molecule has 1 aliphatic heterocycles. The second-order valence-electron chi connectivity index (χ2n) is 7.88. The van der Waals surface area contributed by atoms with Crippen LogP contribution in [0, 0.1) is 0 Å². The Kier molecular flexibility index (Phi) is 7.15. The number of anilines is 1. The predicted molar refractivity (Wildman–Crippen MR) is 119 cm³/mol. The number of amides is 1. The molecule has 1 aliphatic rings. The van der Waals surface area contributed by atoms with E-state index >= 15 is 0 Å². The summed E-state index contributed by atoms with van der Waals surface area (Å²) in [5.41, 5.74) is 2.03. The van der Waals surface area contributed by atoms with Crippen molar-refractivity contribution in [3.63, 3.8) is 0 Å². The van der Waals surface area contributed by atoms with E-state index in [9.17, 15) is 13.2 Å². The number of nitrogens with zero attached hydrogens (tertiary/aromatic N) is 1. The molecule has 0 radical (unpaired) electrons. The third-order valence-electron chi connectivity index (χ3n) is 5.44. The van der Waals surface area contributed by atoms with Gasteiger partial charge in [0.15, 0.2) is 0 Å². The highest BCUT2D eigenvalue weighted by atomic mass is 32.2. The molecule has 1 amide bonds. The van der Waals surface area contributed by atoms with Gasteiger partial charge in [-0.05, 0) is 48.6 Å². The molecule has 3 rings (SSSR count). The number of sulfonamides is 1. The van der Waals surface area contributed by atoms with E-state index in [1.54, 1.807) is 12.1 Å². The number of para-hydroxylation sites is 1. The van der Waals surface area contributed by atoms with Crippen molar-refractivity contribution in [1.82, 2.24) is 4.31 Å². The fourth-order valence-corrected chi connectivity index (χ4v) is 5.45. The van der Waals surface area contributed by atoms with Crippen LogP contribution < -0.4 is 10.1 Å². The predicted octanol–water partition coefficient (Wildman–Crippen LogP) is 4.64. The Morgan fingerprint density at radius 1 is 1.03 bits per heavy atom. The lowest BCUT2D eigenvalue weighted by molar-refractivity contribution is 0.102. The highest BCUT2D eigenvalue weighted by Crippen LogP contribution is 2.30. The Hall–Kier alpha value is -2.38. The molecule has 0 atom stereocenters. The van der Waals surface area contributed by atoms with Crippen molar-refractivity contribution in [2.24, 2.45) is 0 Å². The lowest BCUT2D eigenvalue weighted by atomic mass is 10.0. The van der Waals surface area contributed by atoms with E-state index in [-0.39, 0.29) is 28.0 Å². The van der Waals surface area contributed by atoms with Gasteiger partial charge < -0.3 is 10.1 Å². The average molecular weight is 431 g/mol. The van der Waals surface area contributed by atoms with E-state index < -0.39 is 10.0 Å². The first-order valence-corrected chi connectivity index (χ1v) is 11.9. The molecule has 162 valence electrons. The highest BCUT2D eigenvalue weighted by molar-refractivity contribution is 7.89. The van der Waals surface area contributed by atoms with Crippen molar-refractivity contribution in [3.05, 3.63) is 53.6 Å². The minimum atomic E-state index is -3.75. The number of benzene rings is 2. The Labute approximate surface area is 179 Å². The molecule has 0 spiro atoms. The molecule has 1 saturated heterocycles. The van der Waals surface area contributed by atoms with Crippen LogP contribution in [0.4, 0.5) is 5.69 Å². The van der Waals surface area contributed by atoms with Crippen molar-refractivity contribution in [1.29, 1.82) is 0 Å². The van der Waals surface area contributed by atoms with E-state index in [4.69, 9.17) is 4.74 Å². The minimum absolute atomic E-state index is 0.0386. The molecule has 0 aliphatic carbocycles. The highest BCUT2D eigenvalue weighted by Gasteiger charge is 2.29. The van der Waals surface area contributed by atoms with Crippen LogP contribution in [0.15, 0.2) is 47.4 Å². The van der Waals surface area contributed by atoms with Gasteiger partial charge in [-0.15, -0.1) is 0 Å². The van der Waals surface area contributed by atoms with Crippen LogP contribution >= 0.6 is 0 Å². The monoisotopic (exact) mass is 430 g/mol. The molecule has 0 unspecified atom stereocenters. The summed E-state index contributed by atoms with van der Waals surface area (Å²) in [6.07, 6.45) is 3.74. The van der Waals surface area contributed by atoms with E-state index in [1.807, 2.05) is 24.3 Å². The molecule has 0 saturated carbocycles. The van der Waals surface area contributed by atoms with Crippen LogP contribution in [0.1, 0.15) is 61.4 Å². The second-order valence-corrected chi connectivity index (χ2v) is 9.79. The first kappa shape index (κ1) is 22.3. The number of hydrogen-bond donors (Lipinski definition) is 1. The van der Waals surface area contributed by atoms with Crippen molar-refractivity contribution in [3.8, 4) is 5.75 Å². The van der Waals surface area contributed by atoms with E-state index in [0.717, 1.165) is 36.9 Å². The Morgan fingerprint density at radius 3 is 2.33 bits per heavy atom. The van der Waals surface area contributed by atoms with Crippen LogP contribution in [0.5, 0.6) is 5.75 Å². The van der Waals surface area contributed by atoms with Crippen molar-refractivity contribution < 1.29 is 17.9 Å². The second kappa shape index (κ2) is 9.62. The van der Waals surface area contributed by atoms with E-state index in [1.165, 1.54) is 17.5 Å². The van der Waals surface area contributed by atoms with Gasteiger partial charge in [0.1, 0.15) is 10.6 Å². The van der Waals surface area contributed by atoms with Gasteiger partial charge in [-0.2, -0.15) is 4.31 Å². The zero-order chi connectivity index (χ0) is 21.7. The summed E-state index contributed by atoms with van der Waals surface area (Å²) in [5, 5.41) is 2.93. The van der Waals surface area contributed by atoms with Gasteiger partial charge in [-0.3, -0.25) is 4.79 Å². The van der Waals surface area contributed by atoms with Gasteiger partial charge in [-0.1, -0.05) is 44.9 Å². The summed E-state index contributed by atoms with van der Waals surface area (Å²) in [4.78, 5) is 13.0. The molecular formula is C23H30N2O4S. The fourth-order valence-electron chi connectivity index (χ4n) is 3.75. The molecular weight excluding hydrogens is 400 g/mol. The molecule has 0 bridgehead atoms. The summed E-state index contributed by atoms with van der Waals surface area (Å²) >= 11 is 0. The average Bonchev–Trinajstić information content (AvgIpc) is 3.03. The van der Waals surface area contributed by atoms with Gasteiger partial charge in [0.2, 0.25) is 10.0 Å². The van der Waals surface area contributed by atoms with Crippen LogP contribution in [-0.2, 0) is 10.0 Å². The molecule has 0 aromatic heterocycles. The SMILES string of the molecule is COc1ccc(C(=O)Nc2ccccc2C(C)C)cc1S(=O)(=O)N1CCCCCC1. The first-order chi connectivity index (χ1) is 14.3. The molecule has 7 heteroatoms. The largest absolute Gasteiger partial charge is 0.495 e. The number of carbonyl (C=O) groups excluding carboxylic acids is 1. The molecule has 1 N–H and O–H groups in total. The van der Waals surface area contributed by atoms with Gasteiger partial charge >= 0.3 is 0 Å². The zero-order valence-corrected chi connectivity index (χ0v) is 18.7. The maximum atomic E-state index is 13.3. The summed E-state index contributed by atoms with van der Waals surface area (Å²) < 4.78 is 33.4. The van der Waals surface area contributed by atoms with E-state index in [2.05, 4.69) is 19.2 Å². The van der Waals surface area contributed by atoms with Crippen LogP contribution in [0.2, 0.25) is 0 Å². The maximum absolute atomic E-state index is 13.3. The number of rotatable bonds is 6. The normalized spacial score (nSPS) is 15.6. The fraction of sp³-hybridized carbons (Fsp3) is 0.435. The van der Waals surface area contributed by atoms with Gasteiger partial charge in [-0.25, -0.2) is 8.42 Å². The van der Waals surface area contributed by atoms with E-state index in [0.29, 0.717) is 13.1 Å². The van der Waals surface area contributed by atoms with Crippen molar-refractivity contribution in [2.45, 2.75) is 50.3 Å². The van der Waals surface area contributed by atoms with Gasteiger partial charge in [0.25, 0.3) is 5.91 Å². The first-order valence-electron chi connectivity index (χ1n) is 10.4. The Bertz CT molecular complexity index is 994. The quantitative estimate of drug-likeness (QED) is 0.725. The third-order valence-corrected chi connectivity index (χ3v) is 7.36. The van der Waals surface area contributed by atoms with Crippen LogP contribution in [-0.4, -0.2) is 38.8 Å².